The molecule has 5 heteroatoms. The van der Waals surface area contributed by atoms with Crippen LogP contribution in [0.4, 0.5) is 0 Å². The molecule has 0 N–H and O–H groups in total. The highest BCUT2D eigenvalue weighted by Gasteiger charge is 2.17. The van der Waals surface area contributed by atoms with Gasteiger partial charge in [0.2, 0.25) is 0 Å². The first-order valence-corrected chi connectivity index (χ1v) is 8.35. The molecule has 0 aliphatic carbocycles. The number of hydrogen-bond donors (Lipinski definition) is 0. The number of ether oxygens (including phenoxy) is 2. The Hall–Kier alpha value is -2.22. The van der Waals surface area contributed by atoms with E-state index in [0.717, 1.165) is 12.0 Å². The summed E-state index contributed by atoms with van der Waals surface area (Å²) in [4.78, 5) is 2.07. The smallest absolute Gasteiger partial charge is 0.179 e. The van der Waals surface area contributed by atoms with Crippen LogP contribution in [0, 0.1) is 11.3 Å². The van der Waals surface area contributed by atoms with Crippen LogP contribution in [-0.4, -0.2) is 24.7 Å². The van der Waals surface area contributed by atoms with Crippen LogP contribution in [0.25, 0.3) is 0 Å². The van der Waals surface area contributed by atoms with Crippen molar-refractivity contribution >= 4 is 11.6 Å². The van der Waals surface area contributed by atoms with Crippen molar-refractivity contribution in [3.05, 3.63) is 58.6 Å². The van der Waals surface area contributed by atoms with Crippen molar-refractivity contribution in [2.45, 2.75) is 19.5 Å². The van der Waals surface area contributed by atoms with E-state index in [9.17, 15) is 0 Å². The third-order valence-corrected chi connectivity index (χ3v) is 4.09. The first kappa shape index (κ1) is 16.6. The van der Waals surface area contributed by atoms with E-state index in [1.54, 1.807) is 0 Å². The molecule has 2 aromatic carbocycles. The zero-order chi connectivity index (χ0) is 16.8. The predicted molar refractivity (Wildman–Crippen MR) is 93.2 cm³/mol. The molecule has 0 saturated heterocycles. The Kier molecular flexibility index (Phi) is 5.58. The lowest BCUT2D eigenvalue weighted by Gasteiger charge is -2.20. The number of benzene rings is 2. The lowest BCUT2D eigenvalue weighted by Crippen LogP contribution is -2.23. The topological polar surface area (TPSA) is 45.5 Å². The third-order valence-electron chi connectivity index (χ3n) is 3.81. The van der Waals surface area contributed by atoms with Crippen molar-refractivity contribution in [3.63, 3.8) is 0 Å². The molecule has 1 aliphatic heterocycles. The standard InChI is InChI=1S/C19H19ClN2O2/c20-17-11-16(12-18-19(17)24-10-4-9-23-18)14-22(8-7-21)13-15-5-2-1-3-6-15/h1-3,5-6,11-12H,4,8-10,13-14H2. The van der Waals surface area contributed by atoms with Crippen LogP contribution in [0.2, 0.25) is 5.02 Å². The summed E-state index contributed by atoms with van der Waals surface area (Å²) in [5.41, 5.74) is 2.18. The van der Waals surface area contributed by atoms with Crippen LogP contribution in [0.15, 0.2) is 42.5 Å². The summed E-state index contributed by atoms with van der Waals surface area (Å²) >= 11 is 6.35. The number of rotatable bonds is 5. The average Bonchev–Trinajstić information content (AvgIpc) is 2.82. The normalized spacial score (nSPS) is 13.4. The van der Waals surface area contributed by atoms with Crippen molar-refractivity contribution in [1.29, 1.82) is 5.26 Å². The Bertz CT molecular complexity index is 728. The van der Waals surface area contributed by atoms with Gasteiger partial charge in [0, 0.05) is 19.5 Å². The van der Waals surface area contributed by atoms with E-state index >= 15 is 0 Å². The summed E-state index contributed by atoms with van der Waals surface area (Å²) in [7, 11) is 0. The Morgan fingerprint density at radius 2 is 1.79 bits per heavy atom. The van der Waals surface area contributed by atoms with Gasteiger partial charge >= 0.3 is 0 Å². The number of nitrogens with zero attached hydrogens (tertiary/aromatic N) is 2. The first-order chi connectivity index (χ1) is 11.8. The molecule has 0 bridgehead atoms. The van der Waals surface area contributed by atoms with E-state index in [2.05, 4.69) is 23.1 Å². The molecular weight excluding hydrogens is 324 g/mol. The molecule has 2 aromatic rings. The van der Waals surface area contributed by atoms with Gasteiger partial charge in [-0.2, -0.15) is 5.26 Å². The van der Waals surface area contributed by atoms with Crippen LogP contribution in [0.5, 0.6) is 11.5 Å². The molecule has 24 heavy (non-hydrogen) atoms. The van der Waals surface area contributed by atoms with Gasteiger partial charge in [-0.15, -0.1) is 0 Å². The van der Waals surface area contributed by atoms with E-state index in [4.69, 9.17) is 26.3 Å². The largest absolute Gasteiger partial charge is 0.489 e. The fourth-order valence-corrected chi connectivity index (χ4v) is 3.03. The van der Waals surface area contributed by atoms with Crippen molar-refractivity contribution in [2.75, 3.05) is 19.8 Å². The molecule has 0 fully saturated rings. The monoisotopic (exact) mass is 342 g/mol. The van der Waals surface area contributed by atoms with Gasteiger partial charge < -0.3 is 9.47 Å². The molecule has 1 heterocycles. The molecule has 0 unspecified atom stereocenters. The predicted octanol–water partition coefficient (Wildman–Crippen LogP) is 4.03. The Labute approximate surface area is 147 Å². The zero-order valence-electron chi connectivity index (χ0n) is 13.4. The molecule has 124 valence electrons. The maximum absolute atomic E-state index is 9.11. The molecule has 1 aliphatic rings. The molecule has 0 amide bonds. The number of hydrogen-bond acceptors (Lipinski definition) is 4. The molecule has 0 atom stereocenters. The van der Waals surface area contributed by atoms with Gasteiger partial charge in [-0.1, -0.05) is 41.9 Å². The maximum Gasteiger partial charge on any atom is 0.179 e. The molecular formula is C19H19ClN2O2. The summed E-state index contributed by atoms with van der Waals surface area (Å²) in [5.74, 6) is 1.31. The van der Waals surface area contributed by atoms with Crippen molar-refractivity contribution in [1.82, 2.24) is 4.90 Å². The molecule has 0 spiro atoms. The summed E-state index contributed by atoms with van der Waals surface area (Å²) in [6.07, 6.45) is 0.842. The second kappa shape index (κ2) is 8.05. The van der Waals surface area contributed by atoms with Crippen molar-refractivity contribution < 1.29 is 9.47 Å². The summed E-state index contributed by atoms with van der Waals surface area (Å²) < 4.78 is 11.4. The van der Waals surface area contributed by atoms with Gasteiger partial charge in [0.1, 0.15) is 0 Å². The van der Waals surface area contributed by atoms with Gasteiger partial charge in [-0.25, -0.2) is 0 Å². The molecule has 3 rings (SSSR count). The van der Waals surface area contributed by atoms with Crippen LogP contribution >= 0.6 is 11.6 Å². The Morgan fingerprint density at radius 1 is 1.04 bits per heavy atom. The zero-order valence-corrected chi connectivity index (χ0v) is 14.1. The van der Waals surface area contributed by atoms with Crippen molar-refractivity contribution in [3.8, 4) is 17.6 Å². The quantitative estimate of drug-likeness (QED) is 0.770. The van der Waals surface area contributed by atoms with Crippen LogP contribution < -0.4 is 9.47 Å². The van der Waals surface area contributed by atoms with Crippen LogP contribution in [-0.2, 0) is 13.1 Å². The van der Waals surface area contributed by atoms with Crippen LogP contribution in [0.1, 0.15) is 17.5 Å². The SMILES string of the molecule is N#CCN(Cc1ccccc1)Cc1cc(Cl)c2c(c1)OCCCO2. The van der Waals surface area contributed by atoms with Gasteiger partial charge in [0.15, 0.2) is 11.5 Å². The fourth-order valence-electron chi connectivity index (χ4n) is 2.74. The van der Waals surface area contributed by atoms with Gasteiger partial charge in [0.25, 0.3) is 0 Å². The van der Waals surface area contributed by atoms with E-state index < -0.39 is 0 Å². The highest BCUT2D eigenvalue weighted by molar-refractivity contribution is 6.32. The molecule has 0 radical (unpaired) electrons. The minimum Gasteiger partial charge on any atom is -0.489 e. The Balaban J connectivity index is 1.78. The lowest BCUT2D eigenvalue weighted by atomic mass is 10.1. The Morgan fingerprint density at radius 3 is 2.58 bits per heavy atom. The van der Waals surface area contributed by atoms with E-state index in [-0.39, 0.29) is 0 Å². The highest BCUT2D eigenvalue weighted by atomic mass is 35.5. The third kappa shape index (κ3) is 4.19. The average molecular weight is 343 g/mol. The van der Waals surface area contributed by atoms with E-state index in [1.807, 2.05) is 30.3 Å². The number of fused-ring (bicyclic) bond motifs is 1. The first-order valence-electron chi connectivity index (χ1n) is 7.97. The maximum atomic E-state index is 9.11. The summed E-state index contributed by atoms with van der Waals surface area (Å²) in [6.45, 7) is 2.92. The van der Waals surface area contributed by atoms with Gasteiger partial charge in [-0.3, -0.25) is 4.90 Å². The second-order valence-electron chi connectivity index (χ2n) is 5.74. The van der Waals surface area contributed by atoms with E-state index in [1.165, 1.54) is 5.56 Å². The summed E-state index contributed by atoms with van der Waals surface area (Å²) in [5, 5.41) is 9.67. The molecule has 0 aromatic heterocycles. The van der Waals surface area contributed by atoms with Crippen LogP contribution in [0.3, 0.4) is 0 Å². The minimum atomic E-state index is 0.348. The second-order valence-corrected chi connectivity index (χ2v) is 6.15. The summed E-state index contributed by atoms with van der Waals surface area (Å²) in [6, 6.07) is 16.2. The number of halogens is 1. The minimum absolute atomic E-state index is 0.348. The lowest BCUT2D eigenvalue weighted by molar-refractivity contribution is 0.287. The number of nitriles is 1. The van der Waals surface area contributed by atoms with Gasteiger partial charge in [-0.05, 0) is 23.3 Å². The van der Waals surface area contributed by atoms with Gasteiger partial charge in [0.05, 0.1) is 30.9 Å². The van der Waals surface area contributed by atoms with E-state index in [0.29, 0.717) is 49.4 Å². The molecule has 0 saturated carbocycles. The fraction of sp³-hybridized carbons (Fsp3) is 0.316. The van der Waals surface area contributed by atoms with Crippen molar-refractivity contribution in [2.24, 2.45) is 0 Å². The highest BCUT2D eigenvalue weighted by Crippen LogP contribution is 2.38. The molecule has 4 nitrogen and oxygen atoms in total.